The average Bonchev–Trinajstić information content (AvgIpc) is 3.03. The first-order valence-corrected chi connectivity index (χ1v) is 7.61. The lowest BCUT2D eigenvalue weighted by molar-refractivity contribution is -0.130. The minimum atomic E-state index is -0.724. The van der Waals surface area contributed by atoms with E-state index in [2.05, 4.69) is 15.9 Å². The summed E-state index contributed by atoms with van der Waals surface area (Å²) in [5, 5.41) is 0.471. The number of rotatable bonds is 1. The van der Waals surface area contributed by atoms with E-state index in [1.165, 1.54) is 0 Å². The van der Waals surface area contributed by atoms with E-state index >= 15 is 0 Å². The number of carbonyl (C=O) groups is 2. The maximum Gasteiger partial charge on any atom is 0.231 e. The molecule has 1 fully saturated rings. The number of halogens is 1. The van der Waals surface area contributed by atoms with Crippen molar-refractivity contribution in [3.63, 3.8) is 0 Å². The summed E-state index contributed by atoms with van der Waals surface area (Å²) < 4.78 is 10.7. The number of nitrogens with zero attached hydrogens (tertiary/aromatic N) is 1. The number of benzene rings is 1. The lowest BCUT2D eigenvalue weighted by Gasteiger charge is -2.40. The molecule has 5 nitrogen and oxygen atoms in total. The summed E-state index contributed by atoms with van der Waals surface area (Å²) in [6.45, 7) is 0.640. The number of Topliss-reactive ketones (excluding diaryl/α,β-unsaturated/α-hetero) is 1. The molecular formula is C14H12BrNO4. The normalized spacial score (nSPS) is 26.8. The van der Waals surface area contributed by atoms with Gasteiger partial charge >= 0.3 is 0 Å². The molecule has 0 bridgehead atoms. The number of alkyl halides is 1. The van der Waals surface area contributed by atoms with Gasteiger partial charge in [0.2, 0.25) is 12.7 Å². The molecule has 3 aliphatic heterocycles. The summed E-state index contributed by atoms with van der Waals surface area (Å²) in [6.07, 6.45) is 1.00. The van der Waals surface area contributed by atoms with Crippen molar-refractivity contribution in [2.75, 3.05) is 12.1 Å². The Morgan fingerprint density at radius 3 is 2.75 bits per heavy atom. The van der Waals surface area contributed by atoms with Gasteiger partial charge in [-0.25, -0.2) is 0 Å². The highest BCUT2D eigenvalue weighted by Crippen LogP contribution is 2.44. The van der Waals surface area contributed by atoms with Crippen LogP contribution in [0.1, 0.15) is 28.8 Å². The van der Waals surface area contributed by atoms with Crippen molar-refractivity contribution in [2.24, 2.45) is 0 Å². The van der Waals surface area contributed by atoms with E-state index in [0.717, 1.165) is 5.56 Å². The standard InChI is InChI=1S/C14H12BrNO4/c15-6-14-2-1-12(17)16(14)5-8-3-10-11(20-7-19-10)4-9(8)13(14)18/h3-4H,1-2,5-7H2. The topological polar surface area (TPSA) is 55.8 Å². The van der Waals surface area contributed by atoms with E-state index in [1.807, 2.05) is 6.07 Å². The second-order valence-electron chi connectivity index (χ2n) is 5.34. The van der Waals surface area contributed by atoms with Gasteiger partial charge in [0.1, 0.15) is 5.54 Å². The summed E-state index contributed by atoms with van der Waals surface area (Å²) in [4.78, 5) is 26.6. The van der Waals surface area contributed by atoms with Gasteiger partial charge in [-0.05, 0) is 24.1 Å². The Bertz CT molecular complexity index is 644. The summed E-state index contributed by atoms with van der Waals surface area (Å²) in [6, 6.07) is 3.57. The van der Waals surface area contributed by atoms with Gasteiger partial charge in [-0.2, -0.15) is 0 Å². The number of hydrogen-bond donors (Lipinski definition) is 0. The molecule has 1 aromatic carbocycles. The predicted octanol–water partition coefficient (Wildman–Crippen LogP) is 1.87. The summed E-state index contributed by atoms with van der Waals surface area (Å²) in [7, 11) is 0. The van der Waals surface area contributed by atoms with Gasteiger partial charge < -0.3 is 14.4 Å². The number of hydrogen-bond acceptors (Lipinski definition) is 4. The van der Waals surface area contributed by atoms with E-state index in [9.17, 15) is 9.59 Å². The van der Waals surface area contributed by atoms with Crippen molar-refractivity contribution in [1.82, 2.24) is 4.90 Å². The van der Waals surface area contributed by atoms with Gasteiger partial charge in [-0.1, -0.05) is 15.9 Å². The lowest BCUT2D eigenvalue weighted by Crippen LogP contribution is -2.55. The summed E-state index contributed by atoms with van der Waals surface area (Å²) in [5.41, 5.74) is 0.767. The predicted molar refractivity (Wildman–Crippen MR) is 73.2 cm³/mol. The van der Waals surface area contributed by atoms with Crippen molar-refractivity contribution in [3.05, 3.63) is 23.3 Å². The van der Waals surface area contributed by atoms with Crippen LogP contribution in [0.5, 0.6) is 11.5 Å². The van der Waals surface area contributed by atoms with E-state index in [1.54, 1.807) is 11.0 Å². The van der Waals surface area contributed by atoms with Gasteiger partial charge in [0, 0.05) is 23.9 Å². The van der Waals surface area contributed by atoms with Gasteiger partial charge in [0.05, 0.1) is 0 Å². The van der Waals surface area contributed by atoms with Crippen LogP contribution in [-0.2, 0) is 11.3 Å². The first kappa shape index (κ1) is 12.2. The Morgan fingerprint density at radius 2 is 2.00 bits per heavy atom. The van der Waals surface area contributed by atoms with Crippen LogP contribution in [0.4, 0.5) is 0 Å². The molecule has 0 spiro atoms. The minimum Gasteiger partial charge on any atom is -0.454 e. The number of fused-ring (bicyclic) bond motifs is 3. The molecule has 1 saturated heterocycles. The smallest absolute Gasteiger partial charge is 0.231 e. The molecule has 0 N–H and O–H groups in total. The lowest BCUT2D eigenvalue weighted by atomic mass is 9.82. The second-order valence-corrected chi connectivity index (χ2v) is 5.90. The number of ketones is 1. The molecule has 1 amide bonds. The van der Waals surface area contributed by atoms with E-state index in [-0.39, 0.29) is 18.5 Å². The summed E-state index contributed by atoms with van der Waals surface area (Å²) in [5.74, 6) is 1.30. The zero-order chi connectivity index (χ0) is 13.9. The fourth-order valence-electron chi connectivity index (χ4n) is 3.24. The maximum absolute atomic E-state index is 12.9. The molecule has 20 heavy (non-hydrogen) atoms. The third-order valence-corrected chi connectivity index (χ3v) is 5.31. The van der Waals surface area contributed by atoms with Gasteiger partial charge in [-0.15, -0.1) is 0 Å². The largest absolute Gasteiger partial charge is 0.454 e. The van der Waals surface area contributed by atoms with Crippen molar-refractivity contribution >= 4 is 27.6 Å². The van der Waals surface area contributed by atoms with Crippen molar-refractivity contribution < 1.29 is 19.1 Å². The Morgan fingerprint density at radius 1 is 1.25 bits per heavy atom. The Hall–Kier alpha value is -1.56. The minimum absolute atomic E-state index is 0.000208. The van der Waals surface area contributed by atoms with E-state index < -0.39 is 5.54 Å². The highest BCUT2D eigenvalue weighted by Gasteiger charge is 2.53. The molecule has 1 aromatic rings. The zero-order valence-electron chi connectivity index (χ0n) is 10.6. The molecule has 0 aliphatic carbocycles. The molecular weight excluding hydrogens is 326 g/mol. The first-order chi connectivity index (χ1) is 9.65. The number of amides is 1. The van der Waals surface area contributed by atoms with Gasteiger partial charge in [-0.3, -0.25) is 9.59 Å². The summed E-state index contributed by atoms with van der Waals surface area (Å²) >= 11 is 3.42. The molecule has 0 aromatic heterocycles. The highest BCUT2D eigenvalue weighted by atomic mass is 79.9. The highest BCUT2D eigenvalue weighted by molar-refractivity contribution is 9.09. The number of ether oxygens (including phenoxy) is 2. The Labute approximate surface area is 124 Å². The fraction of sp³-hybridized carbons (Fsp3) is 0.429. The molecule has 1 atom stereocenters. The van der Waals surface area contributed by atoms with Crippen LogP contribution in [-0.4, -0.2) is 34.3 Å². The van der Waals surface area contributed by atoms with Crippen LogP contribution in [0.2, 0.25) is 0 Å². The SMILES string of the molecule is O=C1CCC2(CBr)C(=O)c3cc4c(cc3CN12)OCO4. The van der Waals surface area contributed by atoms with Crippen LogP contribution in [0.25, 0.3) is 0 Å². The Balaban J connectivity index is 1.89. The monoisotopic (exact) mass is 337 g/mol. The average molecular weight is 338 g/mol. The first-order valence-electron chi connectivity index (χ1n) is 6.49. The van der Waals surface area contributed by atoms with Crippen molar-refractivity contribution in [3.8, 4) is 11.5 Å². The van der Waals surface area contributed by atoms with Crippen LogP contribution >= 0.6 is 15.9 Å². The van der Waals surface area contributed by atoms with Crippen LogP contribution in [0, 0.1) is 0 Å². The van der Waals surface area contributed by atoms with Gasteiger partial charge in [0.25, 0.3) is 0 Å². The molecule has 0 saturated carbocycles. The van der Waals surface area contributed by atoms with Crippen LogP contribution < -0.4 is 9.47 Å². The number of carbonyl (C=O) groups excluding carboxylic acids is 2. The molecule has 3 aliphatic rings. The molecule has 0 radical (unpaired) electrons. The molecule has 104 valence electrons. The maximum atomic E-state index is 12.9. The quantitative estimate of drug-likeness (QED) is 0.734. The van der Waals surface area contributed by atoms with Crippen molar-refractivity contribution in [1.29, 1.82) is 0 Å². The second kappa shape index (κ2) is 3.97. The third kappa shape index (κ3) is 1.37. The van der Waals surface area contributed by atoms with Gasteiger partial charge in [0.15, 0.2) is 17.3 Å². The van der Waals surface area contributed by atoms with Crippen molar-refractivity contribution in [2.45, 2.75) is 24.9 Å². The van der Waals surface area contributed by atoms with E-state index in [0.29, 0.717) is 41.8 Å². The van der Waals surface area contributed by atoms with Crippen LogP contribution in [0.15, 0.2) is 12.1 Å². The molecule has 6 heteroatoms. The molecule has 1 unspecified atom stereocenters. The fourth-order valence-corrected chi connectivity index (χ4v) is 4.08. The zero-order valence-corrected chi connectivity index (χ0v) is 12.2. The molecule has 4 rings (SSSR count). The molecule has 3 heterocycles. The van der Waals surface area contributed by atoms with Crippen LogP contribution in [0.3, 0.4) is 0 Å². The van der Waals surface area contributed by atoms with E-state index in [4.69, 9.17) is 9.47 Å². The Kier molecular flexibility index (Phi) is 2.42. The third-order valence-electron chi connectivity index (χ3n) is 4.39.